The van der Waals surface area contributed by atoms with Crippen molar-refractivity contribution in [2.75, 3.05) is 6.61 Å². The van der Waals surface area contributed by atoms with Crippen molar-refractivity contribution in [2.24, 2.45) is 5.10 Å². The number of carbonyl (C=O) groups excluding carboxylic acids is 1. The Balaban J connectivity index is 1.89. The van der Waals surface area contributed by atoms with E-state index in [9.17, 15) is 4.79 Å². The topological polar surface area (TPSA) is 50.7 Å². The molecule has 2 aromatic rings. The van der Waals surface area contributed by atoms with E-state index in [0.29, 0.717) is 12.2 Å². The number of carbonyl (C=O) groups is 1. The Morgan fingerprint density at radius 1 is 1.14 bits per heavy atom. The molecule has 1 N–H and O–H groups in total. The van der Waals surface area contributed by atoms with Crippen molar-refractivity contribution in [3.8, 4) is 5.75 Å². The van der Waals surface area contributed by atoms with E-state index < -0.39 is 0 Å². The van der Waals surface area contributed by atoms with E-state index in [-0.39, 0.29) is 5.91 Å². The third-order valence-electron chi connectivity index (χ3n) is 2.66. The third-order valence-corrected chi connectivity index (χ3v) is 2.66. The van der Waals surface area contributed by atoms with E-state index in [1.165, 1.54) is 0 Å². The summed E-state index contributed by atoms with van der Waals surface area (Å²) in [5.74, 6) is 0.526. The van der Waals surface area contributed by atoms with E-state index in [1.54, 1.807) is 36.6 Å². The number of hydrogen-bond acceptors (Lipinski definition) is 3. The molecule has 2 rings (SSSR count). The monoisotopic (exact) mass is 280 g/mol. The zero-order valence-electron chi connectivity index (χ0n) is 11.5. The predicted molar refractivity (Wildman–Crippen MR) is 83.6 cm³/mol. The van der Waals surface area contributed by atoms with E-state index in [1.807, 2.05) is 30.3 Å². The minimum Gasteiger partial charge on any atom is -0.490 e. The molecule has 0 atom stereocenters. The molecule has 0 saturated carbocycles. The second-order valence-corrected chi connectivity index (χ2v) is 4.23. The number of hydrogen-bond donors (Lipinski definition) is 1. The fourth-order valence-electron chi connectivity index (χ4n) is 1.62. The Labute approximate surface area is 123 Å². The highest BCUT2D eigenvalue weighted by Crippen LogP contribution is 2.10. The Kier molecular flexibility index (Phi) is 5.29. The number of rotatable bonds is 6. The number of benzene rings is 2. The first-order chi connectivity index (χ1) is 10.3. The predicted octanol–water partition coefficient (Wildman–Crippen LogP) is 3.02. The Bertz CT molecular complexity index is 619. The average Bonchev–Trinajstić information content (AvgIpc) is 2.55. The van der Waals surface area contributed by atoms with E-state index >= 15 is 0 Å². The van der Waals surface area contributed by atoms with Gasteiger partial charge in [0.15, 0.2) is 0 Å². The first-order valence-electron chi connectivity index (χ1n) is 6.52. The molecule has 0 spiro atoms. The smallest absolute Gasteiger partial charge is 0.271 e. The summed E-state index contributed by atoms with van der Waals surface area (Å²) in [6.07, 6.45) is 3.27. The van der Waals surface area contributed by atoms with Crippen LogP contribution in [0.2, 0.25) is 0 Å². The van der Waals surface area contributed by atoms with Gasteiger partial charge in [-0.2, -0.15) is 5.10 Å². The van der Waals surface area contributed by atoms with Gasteiger partial charge in [-0.3, -0.25) is 4.79 Å². The molecule has 0 saturated heterocycles. The van der Waals surface area contributed by atoms with Gasteiger partial charge in [0.25, 0.3) is 5.91 Å². The number of nitrogens with one attached hydrogen (secondary N) is 1. The molecule has 0 aliphatic rings. The van der Waals surface area contributed by atoms with Gasteiger partial charge in [-0.1, -0.05) is 30.9 Å². The lowest BCUT2D eigenvalue weighted by molar-refractivity contribution is 0.0955. The van der Waals surface area contributed by atoms with Gasteiger partial charge in [-0.25, -0.2) is 5.43 Å². The van der Waals surface area contributed by atoms with Crippen molar-refractivity contribution in [2.45, 2.75) is 0 Å². The van der Waals surface area contributed by atoms with Gasteiger partial charge in [0.1, 0.15) is 12.4 Å². The summed E-state index contributed by atoms with van der Waals surface area (Å²) in [6.45, 7) is 4.06. The molecule has 0 unspecified atom stereocenters. The Morgan fingerprint density at radius 2 is 1.86 bits per heavy atom. The Morgan fingerprint density at radius 3 is 2.52 bits per heavy atom. The highest BCUT2D eigenvalue weighted by molar-refractivity contribution is 5.94. The fraction of sp³-hybridized carbons (Fsp3) is 0.0588. The van der Waals surface area contributed by atoms with Gasteiger partial charge in [-0.05, 0) is 42.0 Å². The van der Waals surface area contributed by atoms with Crippen LogP contribution < -0.4 is 10.2 Å². The molecule has 0 aliphatic carbocycles. The quantitative estimate of drug-likeness (QED) is 0.502. The summed E-state index contributed by atoms with van der Waals surface area (Å²) >= 11 is 0. The summed E-state index contributed by atoms with van der Waals surface area (Å²) < 4.78 is 5.38. The molecule has 0 aliphatic heterocycles. The zero-order valence-corrected chi connectivity index (χ0v) is 11.5. The normalized spacial score (nSPS) is 10.3. The first-order valence-corrected chi connectivity index (χ1v) is 6.52. The maximum absolute atomic E-state index is 11.8. The van der Waals surface area contributed by atoms with Crippen molar-refractivity contribution in [3.63, 3.8) is 0 Å². The largest absolute Gasteiger partial charge is 0.490 e. The van der Waals surface area contributed by atoms with Crippen LogP contribution in [0.25, 0.3) is 0 Å². The second kappa shape index (κ2) is 7.65. The lowest BCUT2D eigenvalue weighted by Gasteiger charge is -2.02. The average molecular weight is 280 g/mol. The molecule has 2 aromatic carbocycles. The molecular formula is C17H16N2O2. The third kappa shape index (κ3) is 4.62. The van der Waals surface area contributed by atoms with Crippen LogP contribution in [-0.2, 0) is 0 Å². The van der Waals surface area contributed by atoms with Gasteiger partial charge in [-0.15, -0.1) is 0 Å². The second-order valence-electron chi connectivity index (χ2n) is 4.23. The maximum Gasteiger partial charge on any atom is 0.271 e. The minimum atomic E-state index is -0.238. The highest BCUT2D eigenvalue weighted by Gasteiger charge is 2.01. The van der Waals surface area contributed by atoms with E-state index in [4.69, 9.17) is 4.74 Å². The zero-order chi connectivity index (χ0) is 14.9. The summed E-state index contributed by atoms with van der Waals surface area (Å²) in [6, 6.07) is 16.3. The standard InChI is InChI=1S/C17H16N2O2/c1-2-12-21-16-10-8-14(9-11-16)13-18-19-17(20)15-6-4-3-5-7-15/h2-11,13H,1,12H2,(H,19,20)/b18-13+. The number of nitrogens with zero attached hydrogens (tertiary/aromatic N) is 1. The van der Waals surface area contributed by atoms with E-state index in [0.717, 1.165) is 11.3 Å². The van der Waals surface area contributed by atoms with Crippen molar-refractivity contribution in [1.82, 2.24) is 5.43 Å². The molecule has 106 valence electrons. The number of hydrazone groups is 1. The van der Waals surface area contributed by atoms with Gasteiger partial charge >= 0.3 is 0 Å². The molecule has 0 aromatic heterocycles. The summed E-state index contributed by atoms with van der Waals surface area (Å²) in [5, 5.41) is 3.93. The number of amides is 1. The number of ether oxygens (including phenoxy) is 1. The maximum atomic E-state index is 11.8. The van der Waals surface area contributed by atoms with Crippen molar-refractivity contribution >= 4 is 12.1 Å². The van der Waals surface area contributed by atoms with Crippen molar-refractivity contribution in [3.05, 3.63) is 78.4 Å². The van der Waals surface area contributed by atoms with Crippen LogP contribution in [0.4, 0.5) is 0 Å². The molecule has 21 heavy (non-hydrogen) atoms. The van der Waals surface area contributed by atoms with Gasteiger partial charge in [0.2, 0.25) is 0 Å². The molecule has 0 radical (unpaired) electrons. The lowest BCUT2D eigenvalue weighted by atomic mass is 10.2. The molecule has 0 fully saturated rings. The van der Waals surface area contributed by atoms with Crippen LogP contribution in [0.5, 0.6) is 5.75 Å². The molecular weight excluding hydrogens is 264 g/mol. The molecule has 0 bridgehead atoms. The van der Waals surface area contributed by atoms with Crippen LogP contribution in [0.3, 0.4) is 0 Å². The lowest BCUT2D eigenvalue weighted by Crippen LogP contribution is -2.17. The van der Waals surface area contributed by atoms with Gasteiger partial charge in [0, 0.05) is 5.56 Å². The minimum absolute atomic E-state index is 0.238. The summed E-state index contributed by atoms with van der Waals surface area (Å²) in [4.78, 5) is 11.8. The van der Waals surface area contributed by atoms with Crippen molar-refractivity contribution in [1.29, 1.82) is 0 Å². The van der Waals surface area contributed by atoms with Crippen LogP contribution in [0.15, 0.2) is 72.4 Å². The molecule has 0 heterocycles. The van der Waals surface area contributed by atoms with Crippen molar-refractivity contribution < 1.29 is 9.53 Å². The first kappa shape index (κ1) is 14.5. The van der Waals surface area contributed by atoms with Gasteiger partial charge in [0.05, 0.1) is 6.21 Å². The van der Waals surface area contributed by atoms with Crippen LogP contribution in [0, 0.1) is 0 Å². The fourth-order valence-corrected chi connectivity index (χ4v) is 1.62. The molecule has 1 amide bonds. The highest BCUT2D eigenvalue weighted by atomic mass is 16.5. The van der Waals surface area contributed by atoms with Crippen LogP contribution in [0.1, 0.15) is 15.9 Å². The Hall–Kier alpha value is -2.88. The summed E-state index contributed by atoms with van der Waals surface area (Å²) in [7, 11) is 0. The summed E-state index contributed by atoms with van der Waals surface area (Å²) in [5.41, 5.74) is 3.92. The van der Waals surface area contributed by atoms with Crippen LogP contribution >= 0.6 is 0 Å². The molecule has 4 heteroatoms. The SMILES string of the molecule is C=CCOc1ccc(/C=N/NC(=O)c2ccccc2)cc1. The molecule has 4 nitrogen and oxygen atoms in total. The van der Waals surface area contributed by atoms with E-state index in [2.05, 4.69) is 17.1 Å². The van der Waals surface area contributed by atoms with Crippen LogP contribution in [-0.4, -0.2) is 18.7 Å². The van der Waals surface area contributed by atoms with Gasteiger partial charge < -0.3 is 4.74 Å².